The molecule has 0 aromatic rings. The molecule has 6 nitrogen and oxygen atoms in total. The van der Waals surface area contributed by atoms with Crippen LogP contribution in [-0.2, 0) is 9.53 Å². The molecular weight excluding hydrogens is 246 g/mol. The summed E-state index contributed by atoms with van der Waals surface area (Å²) >= 11 is 0. The monoisotopic (exact) mass is 269 g/mol. The van der Waals surface area contributed by atoms with Gasteiger partial charge in [-0.25, -0.2) is 4.79 Å². The van der Waals surface area contributed by atoms with Crippen molar-refractivity contribution in [3.63, 3.8) is 0 Å². The van der Waals surface area contributed by atoms with Crippen molar-refractivity contribution in [2.75, 3.05) is 39.8 Å². The van der Waals surface area contributed by atoms with Gasteiger partial charge in [-0.3, -0.25) is 4.79 Å². The summed E-state index contributed by atoms with van der Waals surface area (Å²) in [5.74, 6) is 0.651. The Morgan fingerprint density at radius 3 is 2.37 bits per heavy atom. The number of hydrogen-bond acceptors (Lipinski definition) is 4. The van der Waals surface area contributed by atoms with Crippen LogP contribution >= 0.6 is 0 Å². The van der Waals surface area contributed by atoms with Gasteiger partial charge < -0.3 is 20.3 Å². The molecular formula is C13H23N3O3. The summed E-state index contributed by atoms with van der Waals surface area (Å²) in [6.07, 6.45) is 2.81. The van der Waals surface area contributed by atoms with Gasteiger partial charge in [-0.15, -0.1) is 0 Å². The molecule has 2 amide bonds. The van der Waals surface area contributed by atoms with Gasteiger partial charge in [0.05, 0.1) is 7.11 Å². The highest BCUT2D eigenvalue weighted by molar-refractivity contribution is 5.80. The van der Waals surface area contributed by atoms with Crippen molar-refractivity contribution in [2.24, 2.45) is 17.6 Å². The molecule has 1 aliphatic heterocycles. The van der Waals surface area contributed by atoms with Crippen molar-refractivity contribution in [1.29, 1.82) is 0 Å². The highest BCUT2D eigenvalue weighted by atomic mass is 16.5. The van der Waals surface area contributed by atoms with Gasteiger partial charge in [-0.2, -0.15) is 0 Å². The number of methoxy groups -OCH3 is 1. The lowest BCUT2D eigenvalue weighted by atomic mass is 9.94. The van der Waals surface area contributed by atoms with E-state index in [1.165, 1.54) is 7.11 Å². The van der Waals surface area contributed by atoms with Crippen molar-refractivity contribution in [1.82, 2.24) is 9.80 Å². The van der Waals surface area contributed by atoms with Crippen LogP contribution in [0.5, 0.6) is 0 Å². The van der Waals surface area contributed by atoms with Crippen LogP contribution in [0.1, 0.15) is 19.3 Å². The van der Waals surface area contributed by atoms with Crippen molar-refractivity contribution in [2.45, 2.75) is 19.3 Å². The Morgan fingerprint density at radius 2 is 1.79 bits per heavy atom. The second kappa shape index (κ2) is 6.23. The highest BCUT2D eigenvalue weighted by Gasteiger charge is 2.36. The van der Waals surface area contributed by atoms with Gasteiger partial charge in [0, 0.05) is 32.1 Å². The fourth-order valence-corrected chi connectivity index (χ4v) is 3.12. The normalized spacial score (nSPS) is 27.5. The Morgan fingerprint density at radius 1 is 1.16 bits per heavy atom. The Labute approximate surface area is 113 Å². The number of nitrogens with zero attached hydrogens (tertiary/aromatic N) is 2. The standard InChI is InChI=1S/C13H23N3O3/c1-19-13(18)16-7-5-15(6-8-16)12(17)11-4-2-3-10(11)9-14/h10-11H,2-9,14H2,1H3. The third kappa shape index (κ3) is 3.00. The van der Waals surface area contributed by atoms with E-state index in [9.17, 15) is 9.59 Å². The predicted octanol–water partition coefficient (Wildman–Crippen LogP) is 0.272. The van der Waals surface area contributed by atoms with E-state index in [0.717, 1.165) is 19.3 Å². The highest BCUT2D eigenvalue weighted by Crippen LogP contribution is 2.32. The van der Waals surface area contributed by atoms with Crippen LogP contribution in [0.3, 0.4) is 0 Å². The lowest BCUT2D eigenvalue weighted by molar-refractivity contribution is -0.138. The predicted molar refractivity (Wildman–Crippen MR) is 70.4 cm³/mol. The molecule has 2 aliphatic rings. The number of nitrogens with two attached hydrogens (primary N) is 1. The van der Waals surface area contributed by atoms with Crippen molar-refractivity contribution < 1.29 is 14.3 Å². The minimum atomic E-state index is -0.312. The Bertz CT molecular complexity index is 340. The molecule has 1 saturated carbocycles. The maximum Gasteiger partial charge on any atom is 0.409 e. The van der Waals surface area contributed by atoms with Crippen LogP contribution in [0, 0.1) is 11.8 Å². The number of hydrogen-bond donors (Lipinski definition) is 1. The topological polar surface area (TPSA) is 75.9 Å². The lowest BCUT2D eigenvalue weighted by Gasteiger charge is -2.36. The van der Waals surface area contributed by atoms with Gasteiger partial charge in [0.1, 0.15) is 0 Å². The molecule has 2 rings (SSSR count). The minimum absolute atomic E-state index is 0.0923. The Hall–Kier alpha value is -1.30. The molecule has 0 aromatic heterocycles. The van der Waals surface area contributed by atoms with Crippen LogP contribution in [0.25, 0.3) is 0 Å². The zero-order valence-corrected chi connectivity index (χ0v) is 11.5. The van der Waals surface area contributed by atoms with Gasteiger partial charge in [0.2, 0.25) is 5.91 Å². The second-order valence-electron chi connectivity index (χ2n) is 5.32. The maximum absolute atomic E-state index is 12.5. The molecule has 2 atom stereocenters. The fraction of sp³-hybridized carbons (Fsp3) is 0.846. The average Bonchev–Trinajstić information content (AvgIpc) is 2.94. The molecule has 2 N–H and O–H groups in total. The Balaban J connectivity index is 1.87. The summed E-state index contributed by atoms with van der Waals surface area (Å²) in [7, 11) is 1.38. The minimum Gasteiger partial charge on any atom is -0.453 e. The van der Waals surface area contributed by atoms with Crippen LogP contribution in [0.15, 0.2) is 0 Å². The van der Waals surface area contributed by atoms with E-state index in [-0.39, 0.29) is 17.9 Å². The van der Waals surface area contributed by atoms with E-state index in [1.807, 2.05) is 4.90 Å². The number of carbonyl (C=O) groups is 2. The van der Waals surface area contributed by atoms with Crippen LogP contribution < -0.4 is 5.73 Å². The van der Waals surface area contributed by atoms with Gasteiger partial charge in [-0.1, -0.05) is 6.42 Å². The van der Waals surface area contributed by atoms with E-state index in [0.29, 0.717) is 38.6 Å². The van der Waals surface area contributed by atoms with Gasteiger partial charge in [0.15, 0.2) is 0 Å². The summed E-state index contributed by atoms with van der Waals surface area (Å²) in [6, 6.07) is 0. The first-order chi connectivity index (χ1) is 9.17. The molecule has 1 heterocycles. The zero-order valence-electron chi connectivity index (χ0n) is 11.5. The molecule has 0 bridgehead atoms. The number of piperazine rings is 1. The SMILES string of the molecule is COC(=O)N1CCN(C(=O)C2CCCC2CN)CC1. The fourth-order valence-electron chi connectivity index (χ4n) is 3.12. The second-order valence-corrected chi connectivity index (χ2v) is 5.32. The maximum atomic E-state index is 12.5. The van der Waals surface area contributed by atoms with Crippen LogP contribution in [0.2, 0.25) is 0 Å². The molecule has 0 radical (unpaired) electrons. The van der Waals surface area contributed by atoms with E-state index < -0.39 is 0 Å². The van der Waals surface area contributed by atoms with E-state index in [4.69, 9.17) is 5.73 Å². The van der Waals surface area contributed by atoms with Gasteiger partial charge in [0.25, 0.3) is 0 Å². The van der Waals surface area contributed by atoms with E-state index >= 15 is 0 Å². The molecule has 108 valence electrons. The number of rotatable bonds is 2. The first kappa shape index (κ1) is 14.1. The largest absolute Gasteiger partial charge is 0.453 e. The molecule has 6 heteroatoms. The number of carbonyl (C=O) groups excluding carboxylic acids is 2. The van der Waals surface area contributed by atoms with E-state index in [1.54, 1.807) is 4.90 Å². The molecule has 2 unspecified atom stereocenters. The van der Waals surface area contributed by atoms with Crippen molar-refractivity contribution in [3.8, 4) is 0 Å². The molecule has 1 aliphatic carbocycles. The summed E-state index contributed by atoms with van der Waals surface area (Å²) in [4.78, 5) is 27.3. The lowest BCUT2D eigenvalue weighted by Crippen LogP contribution is -2.52. The molecule has 0 aromatic carbocycles. The summed E-state index contributed by atoms with van der Waals surface area (Å²) < 4.78 is 4.69. The zero-order chi connectivity index (χ0) is 13.8. The summed E-state index contributed by atoms with van der Waals surface area (Å²) in [5, 5.41) is 0. The van der Waals surface area contributed by atoms with Crippen molar-refractivity contribution >= 4 is 12.0 Å². The smallest absolute Gasteiger partial charge is 0.409 e. The quantitative estimate of drug-likeness (QED) is 0.781. The summed E-state index contributed by atoms with van der Waals surface area (Å²) in [6.45, 7) is 2.90. The Kier molecular flexibility index (Phi) is 4.63. The number of ether oxygens (including phenoxy) is 1. The molecule has 2 fully saturated rings. The first-order valence-electron chi connectivity index (χ1n) is 6.99. The molecule has 0 spiro atoms. The number of amides is 2. The van der Waals surface area contributed by atoms with Crippen LogP contribution in [0.4, 0.5) is 4.79 Å². The van der Waals surface area contributed by atoms with E-state index in [2.05, 4.69) is 4.74 Å². The summed E-state index contributed by atoms with van der Waals surface area (Å²) in [5.41, 5.74) is 5.73. The van der Waals surface area contributed by atoms with Crippen molar-refractivity contribution in [3.05, 3.63) is 0 Å². The third-order valence-electron chi connectivity index (χ3n) is 4.30. The van der Waals surface area contributed by atoms with Gasteiger partial charge >= 0.3 is 6.09 Å². The van der Waals surface area contributed by atoms with Gasteiger partial charge in [-0.05, 0) is 25.3 Å². The average molecular weight is 269 g/mol. The third-order valence-corrected chi connectivity index (χ3v) is 4.30. The first-order valence-corrected chi connectivity index (χ1v) is 6.99. The molecule has 19 heavy (non-hydrogen) atoms. The molecule has 1 saturated heterocycles. The van der Waals surface area contributed by atoms with Crippen LogP contribution in [-0.4, -0.2) is 61.6 Å².